The van der Waals surface area contributed by atoms with Gasteiger partial charge in [-0.2, -0.15) is 4.98 Å². The minimum atomic E-state index is -0.898. The number of aryl methyl sites for hydroxylation is 1. The Balaban J connectivity index is 2.01. The molecule has 192 valence electrons. The monoisotopic (exact) mass is 506 g/mol. The van der Waals surface area contributed by atoms with E-state index in [4.69, 9.17) is 4.98 Å². The number of para-hydroxylation sites is 1. The van der Waals surface area contributed by atoms with E-state index in [1.807, 2.05) is 19.9 Å². The van der Waals surface area contributed by atoms with Gasteiger partial charge in [-0.3, -0.25) is 14.2 Å². The van der Waals surface area contributed by atoms with Gasteiger partial charge < -0.3 is 16.0 Å². The zero-order chi connectivity index (χ0) is 26.5. The summed E-state index contributed by atoms with van der Waals surface area (Å²) in [7, 11) is 1.80. The van der Waals surface area contributed by atoms with E-state index in [1.165, 1.54) is 18.2 Å². The number of carbonyl (C=O) groups is 1. The van der Waals surface area contributed by atoms with Crippen molar-refractivity contribution in [1.29, 1.82) is 0 Å². The van der Waals surface area contributed by atoms with E-state index in [0.29, 0.717) is 41.8 Å². The molecule has 4 aromatic rings. The van der Waals surface area contributed by atoms with Crippen LogP contribution in [-0.4, -0.2) is 47.1 Å². The Bertz CT molecular complexity index is 1500. The number of hydrogen-bond donors (Lipinski definition) is 3. The number of halogens is 2. The topological polar surface area (TPSA) is 101 Å². The molecule has 0 spiro atoms. The van der Waals surface area contributed by atoms with E-state index in [9.17, 15) is 18.4 Å². The molecule has 0 aliphatic carbocycles. The minimum Gasteiger partial charge on any atom is -0.353 e. The molecule has 3 N–H and O–H groups in total. The van der Waals surface area contributed by atoms with E-state index < -0.39 is 22.9 Å². The maximum Gasteiger partial charge on any atom is 0.256 e. The average Bonchev–Trinajstić information content (AvgIpc) is 2.88. The highest BCUT2D eigenvalue weighted by atomic mass is 19.1. The Labute approximate surface area is 212 Å². The Morgan fingerprint density at radius 2 is 1.76 bits per heavy atom. The number of likely N-dealkylation sites (N-methyl/N-ethyl adjacent to an activating group) is 1. The van der Waals surface area contributed by atoms with Gasteiger partial charge in [-0.25, -0.2) is 13.8 Å². The minimum absolute atomic E-state index is 0.0358. The summed E-state index contributed by atoms with van der Waals surface area (Å²) < 4.78 is 30.5. The maximum atomic E-state index is 14.8. The van der Waals surface area contributed by atoms with Crippen molar-refractivity contribution < 1.29 is 13.6 Å². The number of rotatable bonds is 9. The highest BCUT2D eigenvalue weighted by Gasteiger charge is 2.21. The second-order valence-corrected chi connectivity index (χ2v) is 8.53. The fraction of sp³-hybridized carbons (Fsp3) is 0.259. The van der Waals surface area contributed by atoms with Crippen LogP contribution >= 0.6 is 0 Å². The first-order valence-corrected chi connectivity index (χ1v) is 12.0. The van der Waals surface area contributed by atoms with Crippen LogP contribution in [-0.2, 0) is 0 Å². The summed E-state index contributed by atoms with van der Waals surface area (Å²) in [5, 5.41) is 9.36. The van der Waals surface area contributed by atoms with E-state index >= 15 is 0 Å². The van der Waals surface area contributed by atoms with Gasteiger partial charge in [-0.15, -0.1) is 0 Å². The number of aromatic nitrogens is 3. The van der Waals surface area contributed by atoms with E-state index in [2.05, 4.69) is 20.9 Å². The van der Waals surface area contributed by atoms with Crippen molar-refractivity contribution in [1.82, 2.24) is 25.2 Å². The second kappa shape index (κ2) is 11.3. The largest absolute Gasteiger partial charge is 0.353 e. The third kappa shape index (κ3) is 5.34. The second-order valence-electron chi connectivity index (χ2n) is 8.53. The molecule has 0 atom stereocenters. The van der Waals surface area contributed by atoms with Crippen LogP contribution < -0.4 is 21.5 Å². The summed E-state index contributed by atoms with van der Waals surface area (Å²) in [6.45, 7) is 5.45. The Morgan fingerprint density at radius 1 is 1.00 bits per heavy atom. The van der Waals surface area contributed by atoms with Gasteiger partial charge >= 0.3 is 0 Å². The van der Waals surface area contributed by atoms with Crippen LogP contribution in [0.3, 0.4) is 0 Å². The fourth-order valence-electron chi connectivity index (χ4n) is 3.98. The predicted octanol–water partition coefficient (Wildman–Crippen LogP) is 3.81. The number of pyridine rings is 1. The van der Waals surface area contributed by atoms with Gasteiger partial charge in [0, 0.05) is 42.2 Å². The van der Waals surface area contributed by atoms with Crippen LogP contribution in [0.4, 0.5) is 14.7 Å². The molecule has 0 unspecified atom stereocenters. The number of nitrogens with zero attached hydrogens (tertiary/aromatic N) is 3. The smallest absolute Gasteiger partial charge is 0.256 e. The summed E-state index contributed by atoms with van der Waals surface area (Å²) in [4.78, 5) is 34.8. The highest BCUT2D eigenvalue weighted by Crippen LogP contribution is 2.31. The van der Waals surface area contributed by atoms with Crippen LogP contribution in [0.2, 0.25) is 0 Å². The molecule has 2 aromatic heterocycles. The number of amides is 1. The van der Waals surface area contributed by atoms with Crippen LogP contribution in [0.15, 0.2) is 53.3 Å². The van der Waals surface area contributed by atoms with Gasteiger partial charge in [-0.05, 0) is 56.3 Å². The summed E-state index contributed by atoms with van der Waals surface area (Å²) in [6, 6.07) is 11.4. The molecule has 0 aliphatic heterocycles. The molecule has 2 heterocycles. The quantitative estimate of drug-likeness (QED) is 0.299. The van der Waals surface area contributed by atoms with E-state index in [0.717, 1.165) is 28.7 Å². The SMILES string of the molecule is CCCNC(=O)c1ccc(C)c(-c2nc(NCCNC)nc3c2ccc(=O)n3-c2c(F)cccc2F)c1. The Kier molecular flexibility index (Phi) is 7.88. The predicted molar refractivity (Wildman–Crippen MR) is 140 cm³/mol. The normalized spacial score (nSPS) is 11.1. The van der Waals surface area contributed by atoms with Crippen molar-refractivity contribution in [3.63, 3.8) is 0 Å². The molecule has 10 heteroatoms. The third-order valence-electron chi connectivity index (χ3n) is 5.86. The van der Waals surface area contributed by atoms with Crippen molar-refractivity contribution >= 4 is 22.9 Å². The molecule has 0 bridgehead atoms. The van der Waals surface area contributed by atoms with Gasteiger partial charge in [0.05, 0.1) is 5.69 Å². The van der Waals surface area contributed by atoms with Gasteiger partial charge in [0.2, 0.25) is 5.95 Å². The molecule has 2 aromatic carbocycles. The standard InChI is InChI=1S/C27H28F2N6O2/c1-4-12-31-26(37)17-9-8-16(2)19(15-17)23-18-10-11-22(36)35(24-20(28)6-5-7-21(24)29)25(18)34-27(33-23)32-14-13-30-3/h5-11,15,30H,4,12-14H2,1-3H3,(H,31,37)(H,32,33,34). The number of nitrogens with one attached hydrogen (secondary N) is 3. The first-order chi connectivity index (χ1) is 17.8. The van der Waals surface area contributed by atoms with Crippen molar-refractivity contribution in [2.75, 3.05) is 32.0 Å². The summed E-state index contributed by atoms with van der Waals surface area (Å²) in [5.41, 5.74) is 1.19. The molecule has 37 heavy (non-hydrogen) atoms. The lowest BCUT2D eigenvalue weighted by Crippen LogP contribution is -2.24. The number of fused-ring (bicyclic) bond motifs is 1. The number of carbonyl (C=O) groups excluding carboxylic acids is 1. The summed E-state index contributed by atoms with van der Waals surface area (Å²) >= 11 is 0. The molecule has 8 nitrogen and oxygen atoms in total. The molecule has 0 fully saturated rings. The highest BCUT2D eigenvalue weighted by molar-refractivity contribution is 5.98. The molecule has 1 amide bonds. The molecule has 0 aliphatic rings. The maximum absolute atomic E-state index is 14.8. The van der Waals surface area contributed by atoms with E-state index in [1.54, 1.807) is 19.2 Å². The number of anilines is 1. The first kappa shape index (κ1) is 25.9. The van der Waals surface area contributed by atoms with Crippen LogP contribution in [0, 0.1) is 18.6 Å². The molecular weight excluding hydrogens is 478 g/mol. The fourth-order valence-corrected chi connectivity index (χ4v) is 3.98. The van der Waals surface area contributed by atoms with Crippen molar-refractivity contribution in [2.45, 2.75) is 20.3 Å². The first-order valence-electron chi connectivity index (χ1n) is 12.0. The lowest BCUT2D eigenvalue weighted by Gasteiger charge is -2.16. The average molecular weight is 507 g/mol. The van der Waals surface area contributed by atoms with Crippen molar-refractivity contribution in [3.8, 4) is 16.9 Å². The van der Waals surface area contributed by atoms with Gasteiger partial charge in [-0.1, -0.05) is 19.1 Å². The molecule has 0 saturated heterocycles. The zero-order valence-corrected chi connectivity index (χ0v) is 20.9. The van der Waals surface area contributed by atoms with Gasteiger partial charge in [0.1, 0.15) is 17.3 Å². The molecule has 0 saturated carbocycles. The molecule has 4 rings (SSSR count). The zero-order valence-electron chi connectivity index (χ0n) is 20.9. The van der Waals surface area contributed by atoms with Crippen LogP contribution in [0.25, 0.3) is 28.0 Å². The van der Waals surface area contributed by atoms with Crippen molar-refractivity contribution in [3.05, 3.63) is 81.6 Å². The number of benzene rings is 2. The van der Waals surface area contributed by atoms with E-state index in [-0.39, 0.29) is 17.5 Å². The summed E-state index contributed by atoms with van der Waals surface area (Å²) in [6.07, 6.45) is 0.798. The lowest BCUT2D eigenvalue weighted by molar-refractivity contribution is 0.0953. The van der Waals surface area contributed by atoms with Gasteiger partial charge in [0.25, 0.3) is 11.5 Å². The summed E-state index contributed by atoms with van der Waals surface area (Å²) in [5.74, 6) is -1.84. The lowest BCUT2D eigenvalue weighted by atomic mass is 9.99. The molecule has 0 radical (unpaired) electrons. The third-order valence-corrected chi connectivity index (χ3v) is 5.86. The Morgan fingerprint density at radius 3 is 2.46 bits per heavy atom. The van der Waals surface area contributed by atoms with Crippen molar-refractivity contribution in [2.24, 2.45) is 0 Å². The van der Waals surface area contributed by atoms with Gasteiger partial charge in [0.15, 0.2) is 5.65 Å². The number of hydrogen-bond acceptors (Lipinski definition) is 6. The van der Waals surface area contributed by atoms with Crippen LogP contribution in [0.5, 0.6) is 0 Å². The Hall–Kier alpha value is -4.18. The molecular formula is C27H28F2N6O2. The van der Waals surface area contributed by atoms with Crippen LogP contribution in [0.1, 0.15) is 29.3 Å².